The number of carbonyl (C=O) groups excluding carboxylic acids is 1. The van der Waals surface area contributed by atoms with Gasteiger partial charge < -0.3 is 10.1 Å². The van der Waals surface area contributed by atoms with E-state index in [1.807, 2.05) is 48.5 Å². The molecule has 0 atom stereocenters. The summed E-state index contributed by atoms with van der Waals surface area (Å²) in [5, 5.41) is 5.20. The van der Waals surface area contributed by atoms with Gasteiger partial charge in [-0.3, -0.25) is 4.99 Å². The van der Waals surface area contributed by atoms with Crippen molar-refractivity contribution in [3.63, 3.8) is 0 Å². The number of fused-ring (bicyclic) bond motifs is 2. The van der Waals surface area contributed by atoms with Crippen molar-refractivity contribution in [2.24, 2.45) is 4.99 Å². The molecule has 0 saturated heterocycles. The Morgan fingerprint density at radius 3 is 2.76 bits per heavy atom. The summed E-state index contributed by atoms with van der Waals surface area (Å²) in [6.07, 6.45) is 0. The summed E-state index contributed by atoms with van der Waals surface area (Å²) in [7, 11) is 0. The molecule has 0 unspecified atom stereocenters. The summed E-state index contributed by atoms with van der Waals surface area (Å²) in [5.74, 6) is 0.573. The monoisotopic (exact) mass is 330 g/mol. The third kappa shape index (κ3) is 3.11. The molecule has 0 aromatic heterocycles. The predicted molar refractivity (Wildman–Crippen MR) is 98.9 cm³/mol. The maximum Gasteiger partial charge on any atom is 0.338 e. The molecule has 3 aromatic rings. The van der Waals surface area contributed by atoms with Crippen molar-refractivity contribution >= 4 is 22.6 Å². The Morgan fingerprint density at radius 2 is 1.80 bits per heavy atom. The minimum atomic E-state index is -0.299. The number of nitrogens with one attached hydrogen (secondary N) is 1. The third-order valence-electron chi connectivity index (χ3n) is 4.32. The first kappa shape index (κ1) is 15.4. The topological polar surface area (TPSA) is 50.7 Å². The summed E-state index contributed by atoms with van der Waals surface area (Å²) >= 11 is 0. The lowest BCUT2D eigenvalue weighted by Gasteiger charge is -2.10. The highest BCUT2D eigenvalue weighted by atomic mass is 16.5. The van der Waals surface area contributed by atoms with Gasteiger partial charge in [0, 0.05) is 5.56 Å². The number of benzene rings is 3. The van der Waals surface area contributed by atoms with E-state index in [0.717, 1.165) is 22.2 Å². The van der Waals surface area contributed by atoms with Gasteiger partial charge in [-0.1, -0.05) is 60.7 Å². The predicted octanol–water partition coefficient (Wildman–Crippen LogP) is 3.55. The fourth-order valence-electron chi connectivity index (χ4n) is 3.08. The average Bonchev–Trinajstić information content (AvgIpc) is 3.08. The van der Waals surface area contributed by atoms with E-state index < -0.39 is 0 Å². The van der Waals surface area contributed by atoms with Crippen LogP contribution in [0, 0.1) is 0 Å². The Kier molecular flexibility index (Phi) is 4.17. The van der Waals surface area contributed by atoms with Crippen LogP contribution in [-0.4, -0.2) is 25.0 Å². The van der Waals surface area contributed by atoms with Crippen molar-refractivity contribution < 1.29 is 9.53 Å². The number of hydrogen-bond donors (Lipinski definition) is 1. The smallest absolute Gasteiger partial charge is 0.338 e. The molecule has 0 aliphatic carbocycles. The van der Waals surface area contributed by atoms with Crippen LogP contribution in [0.5, 0.6) is 0 Å². The van der Waals surface area contributed by atoms with Gasteiger partial charge in [0.2, 0.25) is 0 Å². The fraction of sp³-hybridized carbons (Fsp3) is 0.143. The second kappa shape index (κ2) is 6.77. The molecule has 0 radical (unpaired) electrons. The molecule has 4 rings (SSSR count). The highest BCUT2D eigenvalue weighted by Gasteiger charge is 2.15. The average molecular weight is 330 g/mol. The first-order valence-corrected chi connectivity index (χ1v) is 8.34. The number of rotatable bonds is 4. The zero-order valence-corrected chi connectivity index (χ0v) is 13.7. The first-order chi connectivity index (χ1) is 12.3. The number of amidine groups is 1. The Balaban J connectivity index is 1.35. The highest BCUT2D eigenvalue weighted by molar-refractivity contribution is 6.04. The van der Waals surface area contributed by atoms with E-state index >= 15 is 0 Å². The van der Waals surface area contributed by atoms with Gasteiger partial charge in [0.05, 0.1) is 18.7 Å². The minimum absolute atomic E-state index is 0.295. The Hall–Kier alpha value is -3.14. The molecule has 0 fully saturated rings. The van der Waals surface area contributed by atoms with Crippen LogP contribution in [0.3, 0.4) is 0 Å². The molecule has 0 bridgehead atoms. The summed E-state index contributed by atoms with van der Waals surface area (Å²) in [4.78, 5) is 16.9. The van der Waals surface area contributed by atoms with Crippen LogP contribution in [0.2, 0.25) is 0 Å². The Labute approximate surface area is 146 Å². The van der Waals surface area contributed by atoms with Crippen molar-refractivity contribution in [3.05, 3.63) is 83.4 Å². The van der Waals surface area contributed by atoms with Crippen LogP contribution in [0.15, 0.2) is 71.7 Å². The molecule has 25 heavy (non-hydrogen) atoms. The van der Waals surface area contributed by atoms with Crippen molar-refractivity contribution in [1.82, 2.24) is 5.32 Å². The Morgan fingerprint density at radius 1 is 1.00 bits per heavy atom. The second-order valence-corrected chi connectivity index (χ2v) is 5.91. The molecule has 0 amide bonds. The van der Waals surface area contributed by atoms with Crippen LogP contribution >= 0.6 is 0 Å². The van der Waals surface area contributed by atoms with E-state index in [4.69, 9.17) is 4.74 Å². The SMILES string of the molecule is O=C(OCCNC1=NCc2ccccc21)c1cccc2ccccc12. The lowest BCUT2D eigenvalue weighted by atomic mass is 10.1. The van der Waals surface area contributed by atoms with E-state index in [1.54, 1.807) is 6.07 Å². The largest absolute Gasteiger partial charge is 0.460 e. The third-order valence-corrected chi connectivity index (χ3v) is 4.32. The van der Waals surface area contributed by atoms with E-state index in [2.05, 4.69) is 22.4 Å². The van der Waals surface area contributed by atoms with Crippen molar-refractivity contribution in [2.75, 3.05) is 13.2 Å². The molecular weight excluding hydrogens is 312 g/mol. The van der Waals surface area contributed by atoms with Gasteiger partial charge in [-0.15, -0.1) is 0 Å². The molecule has 4 nitrogen and oxygen atoms in total. The van der Waals surface area contributed by atoms with Crippen molar-refractivity contribution in [1.29, 1.82) is 0 Å². The fourth-order valence-corrected chi connectivity index (χ4v) is 3.08. The van der Waals surface area contributed by atoms with Gasteiger partial charge in [-0.2, -0.15) is 0 Å². The van der Waals surface area contributed by atoms with E-state index in [0.29, 0.717) is 25.3 Å². The summed E-state index contributed by atoms with van der Waals surface area (Å²) < 4.78 is 5.43. The molecular formula is C21H18N2O2. The summed E-state index contributed by atoms with van der Waals surface area (Å²) in [6, 6.07) is 21.6. The second-order valence-electron chi connectivity index (χ2n) is 5.91. The minimum Gasteiger partial charge on any atom is -0.460 e. The molecule has 124 valence electrons. The zero-order chi connectivity index (χ0) is 17.1. The van der Waals surface area contributed by atoms with Crippen LogP contribution < -0.4 is 5.32 Å². The quantitative estimate of drug-likeness (QED) is 0.588. The number of aliphatic imine (C=N–C) groups is 1. The van der Waals surface area contributed by atoms with Gasteiger partial charge >= 0.3 is 5.97 Å². The van der Waals surface area contributed by atoms with Crippen molar-refractivity contribution in [3.8, 4) is 0 Å². The van der Waals surface area contributed by atoms with Gasteiger partial charge in [0.25, 0.3) is 0 Å². The highest BCUT2D eigenvalue weighted by Crippen LogP contribution is 2.19. The number of nitrogens with zero attached hydrogens (tertiary/aromatic N) is 1. The molecule has 0 saturated carbocycles. The maximum atomic E-state index is 12.4. The number of carbonyl (C=O) groups is 1. The van der Waals surface area contributed by atoms with E-state index in [9.17, 15) is 4.79 Å². The first-order valence-electron chi connectivity index (χ1n) is 8.34. The molecule has 4 heteroatoms. The lowest BCUT2D eigenvalue weighted by molar-refractivity contribution is 0.0515. The van der Waals surface area contributed by atoms with E-state index in [-0.39, 0.29) is 5.97 Å². The molecule has 1 aliphatic rings. The molecule has 1 heterocycles. The number of esters is 1. The lowest BCUT2D eigenvalue weighted by Crippen LogP contribution is -2.28. The van der Waals surface area contributed by atoms with Crippen LogP contribution in [0.4, 0.5) is 0 Å². The number of hydrogen-bond acceptors (Lipinski definition) is 4. The molecule has 0 spiro atoms. The maximum absolute atomic E-state index is 12.4. The Bertz CT molecular complexity index is 958. The van der Waals surface area contributed by atoms with Crippen molar-refractivity contribution in [2.45, 2.75) is 6.54 Å². The van der Waals surface area contributed by atoms with Crippen LogP contribution in [0.1, 0.15) is 21.5 Å². The molecule has 3 aromatic carbocycles. The van der Waals surface area contributed by atoms with Gasteiger partial charge in [0.1, 0.15) is 12.4 Å². The van der Waals surface area contributed by atoms with E-state index in [1.165, 1.54) is 5.56 Å². The molecule has 1 N–H and O–H groups in total. The summed E-state index contributed by atoms with van der Waals surface area (Å²) in [5.41, 5.74) is 2.95. The van der Waals surface area contributed by atoms with Gasteiger partial charge in [0.15, 0.2) is 0 Å². The zero-order valence-electron chi connectivity index (χ0n) is 13.7. The van der Waals surface area contributed by atoms with Gasteiger partial charge in [-0.05, 0) is 22.4 Å². The van der Waals surface area contributed by atoms with Crippen LogP contribution in [0.25, 0.3) is 10.8 Å². The van der Waals surface area contributed by atoms with Gasteiger partial charge in [-0.25, -0.2) is 4.79 Å². The standard InChI is InChI=1S/C21H18N2O2/c24-21(19-11-5-8-15-6-1-3-9-17(15)19)25-13-12-22-20-18-10-4-2-7-16(18)14-23-20/h1-11H,12-14H2,(H,22,23). The van der Waals surface area contributed by atoms with Crippen LogP contribution in [-0.2, 0) is 11.3 Å². The molecule has 1 aliphatic heterocycles. The number of ether oxygens (including phenoxy) is 1. The normalized spacial score (nSPS) is 12.6. The summed E-state index contributed by atoms with van der Waals surface area (Å²) in [6.45, 7) is 1.53.